The first kappa shape index (κ1) is 25.8. The van der Waals surface area contributed by atoms with Gasteiger partial charge >= 0.3 is 0 Å². The minimum atomic E-state index is -1.12. The van der Waals surface area contributed by atoms with Crippen LogP contribution >= 0.6 is 11.8 Å². The Morgan fingerprint density at radius 3 is 2.31 bits per heavy atom. The van der Waals surface area contributed by atoms with Gasteiger partial charge < -0.3 is 20.1 Å². The van der Waals surface area contributed by atoms with Crippen molar-refractivity contribution in [3.63, 3.8) is 0 Å². The number of ether oxygens (including phenoxy) is 1. The predicted octanol–water partition coefficient (Wildman–Crippen LogP) is 5.14. The molecule has 0 bridgehead atoms. The quantitative estimate of drug-likeness (QED) is 0.419. The molecule has 36 heavy (non-hydrogen) atoms. The van der Waals surface area contributed by atoms with Crippen LogP contribution in [0.1, 0.15) is 28.4 Å². The van der Waals surface area contributed by atoms with E-state index in [9.17, 15) is 31.9 Å². The van der Waals surface area contributed by atoms with Gasteiger partial charge in [0.1, 0.15) is 41.1 Å². The van der Waals surface area contributed by atoms with Gasteiger partial charge in [-0.25, -0.2) is 22.0 Å². The summed E-state index contributed by atoms with van der Waals surface area (Å²) in [7, 11) is 0. The molecular weight excluding hydrogens is 503 g/mol. The number of anilines is 1. The van der Waals surface area contributed by atoms with Crippen molar-refractivity contribution in [1.29, 1.82) is 0 Å². The second kappa shape index (κ2) is 10.8. The van der Waals surface area contributed by atoms with Gasteiger partial charge in [-0.3, -0.25) is 4.79 Å². The Bertz CT molecular complexity index is 1260. The first-order valence-electron chi connectivity index (χ1n) is 10.9. The number of benzene rings is 3. The summed E-state index contributed by atoms with van der Waals surface area (Å²) in [6, 6.07) is 7.65. The number of thioether (sulfide) groups is 1. The number of hydrogen-bond acceptors (Lipinski definition) is 5. The summed E-state index contributed by atoms with van der Waals surface area (Å²) in [6.45, 7) is 1.17. The highest BCUT2D eigenvalue weighted by atomic mass is 32.2. The molecule has 0 saturated carbocycles. The van der Waals surface area contributed by atoms with E-state index in [1.807, 2.05) is 0 Å². The topological polar surface area (TPSA) is 61.8 Å². The maximum absolute atomic E-state index is 14.6. The molecule has 3 aromatic rings. The third-order valence-electron chi connectivity index (χ3n) is 5.56. The number of carbonyl (C=O) groups excluding carboxylic acids is 1. The molecule has 0 spiro atoms. The average molecular weight is 525 g/mol. The van der Waals surface area contributed by atoms with Crippen molar-refractivity contribution < 1.29 is 36.6 Å². The molecule has 0 radical (unpaired) electrons. The fourth-order valence-electron chi connectivity index (χ4n) is 3.78. The normalized spacial score (nSPS) is 15.0. The first-order valence-corrected chi connectivity index (χ1v) is 11.9. The summed E-state index contributed by atoms with van der Waals surface area (Å²) in [5.41, 5.74) is -0.108. The lowest BCUT2D eigenvalue weighted by molar-refractivity contribution is 0.0950. The third-order valence-corrected chi connectivity index (χ3v) is 6.67. The van der Waals surface area contributed by atoms with E-state index in [4.69, 9.17) is 4.74 Å². The van der Waals surface area contributed by atoms with Crippen LogP contribution in [0, 0.1) is 29.1 Å². The van der Waals surface area contributed by atoms with Gasteiger partial charge in [-0.2, -0.15) is 0 Å². The molecule has 1 aliphatic heterocycles. The second-order valence-corrected chi connectivity index (χ2v) is 8.99. The molecule has 1 aliphatic rings. The molecule has 1 amide bonds. The van der Waals surface area contributed by atoms with E-state index in [0.717, 1.165) is 12.1 Å². The lowest BCUT2D eigenvalue weighted by Gasteiger charge is -2.35. The lowest BCUT2D eigenvalue weighted by Crippen LogP contribution is -2.39. The van der Waals surface area contributed by atoms with Crippen molar-refractivity contribution in [3.05, 3.63) is 88.2 Å². The monoisotopic (exact) mass is 524 g/mol. The van der Waals surface area contributed by atoms with Crippen LogP contribution in [0.5, 0.6) is 5.75 Å². The second-order valence-electron chi connectivity index (χ2n) is 7.93. The van der Waals surface area contributed by atoms with Crippen LogP contribution in [0.4, 0.5) is 27.6 Å². The zero-order chi connectivity index (χ0) is 26.0. The molecule has 1 unspecified atom stereocenters. The Hall–Kier alpha value is -3.31. The predicted molar refractivity (Wildman–Crippen MR) is 124 cm³/mol. The zero-order valence-corrected chi connectivity index (χ0v) is 19.8. The van der Waals surface area contributed by atoms with Crippen molar-refractivity contribution in [2.45, 2.75) is 31.1 Å². The molecule has 1 atom stereocenters. The Morgan fingerprint density at radius 2 is 1.67 bits per heavy atom. The molecule has 2 N–H and O–H groups in total. The number of aliphatic hydroxyl groups excluding tert-OH is 1. The summed E-state index contributed by atoms with van der Waals surface area (Å²) in [6.07, 6.45) is -1.04. The summed E-state index contributed by atoms with van der Waals surface area (Å²) in [4.78, 5) is 14.6. The van der Waals surface area contributed by atoms with Crippen LogP contribution in [-0.4, -0.2) is 29.6 Å². The number of hydrogen-bond donors (Lipinski definition) is 2. The number of carbonyl (C=O) groups is 1. The Balaban J connectivity index is 1.53. The summed E-state index contributed by atoms with van der Waals surface area (Å²) < 4.78 is 75.1. The highest BCUT2D eigenvalue weighted by Crippen LogP contribution is 2.39. The Labute approximate surface area is 207 Å². The number of halogens is 5. The SMILES string of the molecule is CCOc1cc(F)c(CN2c3ccc(C(=O)NCc4c(F)cc(F)cc4F)cc3SCC2O)c(F)c1. The van der Waals surface area contributed by atoms with Crippen LogP contribution in [0.2, 0.25) is 0 Å². The van der Waals surface area contributed by atoms with Gasteiger partial charge in [0.15, 0.2) is 0 Å². The highest BCUT2D eigenvalue weighted by Gasteiger charge is 2.28. The van der Waals surface area contributed by atoms with E-state index < -0.39 is 53.3 Å². The molecule has 0 aromatic heterocycles. The van der Waals surface area contributed by atoms with E-state index in [0.29, 0.717) is 22.7 Å². The van der Waals surface area contributed by atoms with E-state index in [2.05, 4.69) is 5.32 Å². The van der Waals surface area contributed by atoms with Crippen molar-refractivity contribution in [1.82, 2.24) is 5.32 Å². The molecular formula is C25H21F5N2O3S. The maximum atomic E-state index is 14.6. The van der Waals surface area contributed by atoms with Gasteiger partial charge in [0, 0.05) is 58.1 Å². The molecule has 190 valence electrons. The average Bonchev–Trinajstić information content (AvgIpc) is 2.81. The molecule has 0 saturated heterocycles. The van der Waals surface area contributed by atoms with Gasteiger partial charge in [-0.15, -0.1) is 11.8 Å². The highest BCUT2D eigenvalue weighted by molar-refractivity contribution is 7.99. The summed E-state index contributed by atoms with van der Waals surface area (Å²) in [5.74, 6) is -5.35. The maximum Gasteiger partial charge on any atom is 0.251 e. The number of nitrogens with zero attached hydrogens (tertiary/aromatic N) is 1. The van der Waals surface area contributed by atoms with Crippen LogP contribution < -0.4 is 15.0 Å². The fourth-order valence-corrected chi connectivity index (χ4v) is 4.83. The molecule has 11 heteroatoms. The zero-order valence-electron chi connectivity index (χ0n) is 19.0. The number of amides is 1. The van der Waals surface area contributed by atoms with Gasteiger partial charge in [0.2, 0.25) is 0 Å². The number of aliphatic hydroxyl groups is 1. The molecule has 1 heterocycles. The minimum Gasteiger partial charge on any atom is -0.494 e. The largest absolute Gasteiger partial charge is 0.494 e. The van der Waals surface area contributed by atoms with Crippen LogP contribution in [0.3, 0.4) is 0 Å². The summed E-state index contributed by atoms with van der Waals surface area (Å²) >= 11 is 1.24. The molecule has 0 aliphatic carbocycles. The summed E-state index contributed by atoms with van der Waals surface area (Å²) in [5, 5.41) is 12.9. The van der Waals surface area contributed by atoms with E-state index in [1.54, 1.807) is 6.92 Å². The van der Waals surface area contributed by atoms with E-state index in [1.165, 1.54) is 34.9 Å². The number of nitrogens with one attached hydrogen (secondary N) is 1. The van der Waals surface area contributed by atoms with Crippen molar-refractivity contribution >= 4 is 23.4 Å². The van der Waals surface area contributed by atoms with Crippen molar-refractivity contribution in [2.24, 2.45) is 0 Å². The van der Waals surface area contributed by atoms with Crippen molar-refractivity contribution in [3.8, 4) is 5.75 Å². The Kier molecular flexibility index (Phi) is 7.70. The fraction of sp³-hybridized carbons (Fsp3) is 0.240. The Morgan fingerprint density at radius 1 is 1.03 bits per heavy atom. The number of fused-ring (bicyclic) bond motifs is 1. The van der Waals surface area contributed by atoms with E-state index >= 15 is 0 Å². The lowest BCUT2D eigenvalue weighted by atomic mass is 10.1. The van der Waals surface area contributed by atoms with Gasteiger partial charge in [-0.05, 0) is 25.1 Å². The van der Waals surface area contributed by atoms with Crippen LogP contribution in [0.15, 0.2) is 47.4 Å². The first-order chi connectivity index (χ1) is 17.2. The minimum absolute atomic E-state index is 0.0578. The smallest absolute Gasteiger partial charge is 0.251 e. The van der Waals surface area contributed by atoms with E-state index in [-0.39, 0.29) is 35.8 Å². The van der Waals surface area contributed by atoms with Gasteiger partial charge in [-0.1, -0.05) is 0 Å². The van der Waals surface area contributed by atoms with Gasteiger partial charge in [0.05, 0.1) is 18.8 Å². The van der Waals surface area contributed by atoms with Crippen molar-refractivity contribution in [2.75, 3.05) is 17.3 Å². The molecule has 0 fully saturated rings. The molecule has 5 nitrogen and oxygen atoms in total. The van der Waals surface area contributed by atoms with Crippen LogP contribution in [0.25, 0.3) is 0 Å². The van der Waals surface area contributed by atoms with Gasteiger partial charge in [0.25, 0.3) is 5.91 Å². The molecule has 3 aromatic carbocycles. The third kappa shape index (κ3) is 5.41. The van der Waals surface area contributed by atoms with Crippen LogP contribution in [-0.2, 0) is 13.1 Å². The number of rotatable bonds is 7. The molecule has 4 rings (SSSR count). The standard InChI is InChI=1S/C25H21F5N2O3S/c1-2-35-15-8-20(29)17(21(30)9-15)11-32-22-4-3-13(5-23(22)36-12-24(32)33)25(34)31-10-16-18(27)6-14(26)7-19(16)28/h3-9,24,33H,2,10-12H2,1H3,(H,31,34).